The third-order valence-electron chi connectivity index (χ3n) is 4.08. The van der Waals surface area contributed by atoms with Crippen molar-refractivity contribution in [3.63, 3.8) is 0 Å². The highest BCUT2D eigenvalue weighted by molar-refractivity contribution is 5.90. The molecule has 2 aromatic rings. The lowest BCUT2D eigenvalue weighted by Gasteiger charge is -2.00. The lowest BCUT2D eigenvalue weighted by Crippen LogP contribution is -2.06. The molecule has 27 heavy (non-hydrogen) atoms. The van der Waals surface area contributed by atoms with Crippen LogP contribution in [0.25, 0.3) is 0 Å². The van der Waals surface area contributed by atoms with Gasteiger partial charge < -0.3 is 5.41 Å². The molecule has 0 spiro atoms. The first-order chi connectivity index (χ1) is 12.7. The summed E-state index contributed by atoms with van der Waals surface area (Å²) in [6.07, 6.45) is 8.21. The molecule has 0 saturated carbocycles. The Labute approximate surface area is 169 Å². The van der Waals surface area contributed by atoms with E-state index in [1.165, 1.54) is 11.1 Å². The number of hydrogen-bond acceptors (Lipinski definition) is 3. The molecule has 3 nitrogen and oxygen atoms in total. The van der Waals surface area contributed by atoms with Crippen molar-refractivity contribution in [2.24, 2.45) is 9.98 Å². The SMILES string of the molecule is CCCc1ccc(C=NCC(=N)CN=Cc2ccc(CCC)cc2)cc1.Cl. The summed E-state index contributed by atoms with van der Waals surface area (Å²) in [5.41, 5.74) is 5.38. The Hall–Kier alpha value is -2.26. The van der Waals surface area contributed by atoms with Crippen molar-refractivity contribution in [2.45, 2.75) is 39.5 Å². The first-order valence-corrected chi connectivity index (χ1v) is 9.45. The summed E-state index contributed by atoms with van der Waals surface area (Å²) in [6, 6.07) is 16.9. The number of nitrogens with zero attached hydrogens (tertiary/aromatic N) is 2. The van der Waals surface area contributed by atoms with Crippen LogP contribution < -0.4 is 0 Å². The number of hydrogen-bond donors (Lipinski definition) is 1. The van der Waals surface area contributed by atoms with E-state index in [0.29, 0.717) is 18.8 Å². The zero-order valence-corrected chi connectivity index (χ0v) is 17.1. The third-order valence-corrected chi connectivity index (χ3v) is 4.08. The van der Waals surface area contributed by atoms with E-state index in [1.54, 1.807) is 0 Å². The fourth-order valence-corrected chi connectivity index (χ4v) is 2.69. The van der Waals surface area contributed by atoms with Crippen molar-refractivity contribution in [1.29, 1.82) is 5.41 Å². The molecule has 0 unspecified atom stereocenters. The molecule has 0 atom stereocenters. The van der Waals surface area contributed by atoms with Gasteiger partial charge >= 0.3 is 0 Å². The van der Waals surface area contributed by atoms with E-state index in [9.17, 15) is 0 Å². The van der Waals surface area contributed by atoms with Gasteiger partial charge in [-0.2, -0.15) is 0 Å². The second-order valence-electron chi connectivity index (χ2n) is 6.53. The van der Waals surface area contributed by atoms with Crippen LogP contribution in [-0.2, 0) is 12.8 Å². The average molecular weight is 384 g/mol. The van der Waals surface area contributed by atoms with Gasteiger partial charge in [0.25, 0.3) is 0 Å². The van der Waals surface area contributed by atoms with Gasteiger partial charge in [0.15, 0.2) is 0 Å². The van der Waals surface area contributed by atoms with Gasteiger partial charge in [-0.1, -0.05) is 75.2 Å². The topological polar surface area (TPSA) is 48.6 Å². The van der Waals surface area contributed by atoms with Crippen LogP contribution in [0.2, 0.25) is 0 Å². The lowest BCUT2D eigenvalue weighted by atomic mass is 10.1. The minimum atomic E-state index is 0. The highest BCUT2D eigenvalue weighted by Crippen LogP contribution is 2.06. The van der Waals surface area contributed by atoms with Gasteiger partial charge in [-0.15, -0.1) is 12.4 Å². The van der Waals surface area contributed by atoms with Gasteiger partial charge in [0.2, 0.25) is 0 Å². The molecule has 0 radical (unpaired) electrons. The van der Waals surface area contributed by atoms with E-state index in [0.717, 1.165) is 36.8 Å². The van der Waals surface area contributed by atoms with Crippen LogP contribution in [0.1, 0.15) is 48.9 Å². The van der Waals surface area contributed by atoms with E-state index >= 15 is 0 Å². The van der Waals surface area contributed by atoms with E-state index in [1.807, 2.05) is 12.4 Å². The molecule has 2 rings (SSSR count). The van der Waals surface area contributed by atoms with Crippen LogP contribution in [0.3, 0.4) is 0 Å². The van der Waals surface area contributed by atoms with Gasteiger partial charge in [-0.25, -0.2) is 0 Å². The maximum absolute atomic E-state index is 7.97. The summed E-state index contributed by atoms with van der Waals surface area (Å²) in [4.78, 5) is 8.70. The monoisotopic (exact) mass is 383 g/mol. The van der Waals surface area contributed by atoms with Crippen molar-refractivity contribution >= 4 is 30.5 Å². The Morgan fingerprint density at radius 2 is 1.11 bits per heavy atom. The summed E-state index contributed by atoms with van der Waals surface area (Å²) < 4.78 is 0. The van der Waals surface area contributed by atoms with Crippen molar-refractivity contribution in [3.8, 4) is 0 Å². The third kappa shape index (κ3) is 8.78. The zero-order chi connectivity index (χ0) is 18.6. The molecule has 144 valence electrons. The second kappa shape index (κ2) is 13.0. The molecule has 2 aromatic carbocycles. The first-order valence-electron chi connectivity index (χ1n) is 9.45. The number of rotatable bonds is 10. The minimum Gasteiger partial charge on any atom is -0.306 e. The van der Waals surface area contributed by atoms with Crippen LogP contribution in [0.4, 0.5) is 0 Å². The smallest absolute Gasteiger partial charge is 0.0784 e. The van der Waals surface area contributed by atoms with Crippen LogP contribution in [0.15, 0.2) is 58.5 Å². The van der Waals surface area contributed by atoms with Crippen LogP contribution in [0, 0.1) is 5.41 Å². The first kappa shape index (κ1) is 22.8. The number of aryl methyl sites for hydroxylation is 2. The molecule has 4 heteroatoms. The van der Waals surface area contributed by atoms with Crippen LogP contribution in [-0.4, -0.2) is 31.2 Å². The normalized spacial score (nSPS) is 11.0. The quantitative estimate of drug-likeness (QED) is 0.521. The predicted molar refractivity (Wildman–Crippen MR) is 121 cm³/mol. The molecule has 0 heterocycles. The van der Waals surface area contributed by atoms with Gasteiger partial charge in [0, 0.05) is 12.4 Å². The molecule has 0 saturated heterocycles. The Bertz CT molecular complexity index is 668. The standard InChI is InChI=1S/C23H29N3.ClH/c1-3-5-19-7-11-21(12-8-19)15-25-17-23(24)18-26-16-22-13-9-20(6-4-2)10-14-22;/h7-16,24H,3-6,17-18H2,1-2H3;1H. The highest BCUT2D eigenvalue weighted by atomic mass is 35.5. The Morgan fingerprint density at radius 3 is 1.44 bits per heavy atom. The van der Waals surface area contributed by atoms with Gasteiger partial charge in [0.1, 0.15) is 0 Å². The van der Waals surface area contributed by atoms with Crippen LogP contribution in [0.5, 0.6) is 0 Å². The zero-order valence-electron chi connectivity index (χ0n) is 16.3. The molecule has 1 N–H and O–H groups in total. The summed E-state index contributed by atoms with van der Waals surface area (Å²) >= 11 is 0. The number of benzene rings is 2. The maximum Gasteiger partial charge on any atom is 0.0784 e. The Kier molecular flexibility index (Phi) is 11.0. The van der Waals surface area contributed by atoms with E-state index in [2.05, 4.69) is 72.4 Å². The molecule has 0 bridgehead atoms. The summed E-state index contributed by atoms with van der Waals surface area (Å²) in [5, 5.41) is 7.97. The fraction of sp³-hybridized carbons (Fsp3) is 0.348. The number of aliphatic imine (C=N–C) groups is 2. The number of halogens is 1. The van der Waals surface area contributed by atoms with Crippen molar-refractivity contribution < 1.29 is 0 Å². The molecular weight excluding hydrogens is 354 g/mol. The van der Waals surface area contributed by atoms with E-state index in [4.69, 9.17) is 5.41 Å². The molecule has 0 aliphatic carbocycles. The molecular formula is C23H30ClN3. The average Bonchev–Trinajstić information content (AvgIpc) is 2.65. The summed E-state index contributed by atoms with van der Waals surface area (Å²) in [6.45, 7) is 5.16. The highest BCUT2D eigenvalue weighted by Gasteiger charge is 1.95. The molecule has 0 aliphatic heterocycles. The lowest BCUT2D eigenvalue weighted by molar-refractivity contribution is 0.922. The fourth-order valence-electron chi connectivity index (χ4n) is 2.69. The minimum absolute atomic E-state index is 0. The van der Waals surface area contributed by atoms with Crippen molar-refractivity contribution in [1.82, 2.24) is 0 Å². The molecule has 0 aliphatic rings. The van der Waals surface area contributed by atoms with Crippen LogP contribution >= 0.6 is 12.4 Å². The second-order valence-corrected chi connectivity index (χ2v) is 6.53. The number of nitrogens with one attached hydrogen (secondary N) is 1. The van der Waals surface area contributed by atoms with E-state index in [-0.39, 0.29) is 12.4 Å². The largest absolute Gasteiger partial charge is 0.306 e. The Morgan fingerprint density at radius 1 is 0.741 bits per heavy atom. The maximum atomic E-state index is 7.97. The molecule has 0 fully saturated rings. The van der Waals surface area contributed by atoms with Gasteiger partial charge in [-0.05, 0) is 35.1 Å². The van der Waals surface area contributed by atoms with Gasteiger partial charge in [-0.3, -0.25) is 9.98 Å². The molecule has 0 aromatic heterocycles. The predicted octanol–water partition coefficient (Wildman–Crippen LogP) is 5.57. The van der Waals surface area contributed by atoms with Crippen molar-refractivity contribution in [2.75, 3.05) is 13.1 Å². The summed E-state index contributed by atoms with van der Waals surface area (Å²) in [5.74, 6) is 0. The van der Waals surface area contributed by atoms with E-state index < -0.39 is 0 Å². The molecule has 0 amide bonds. The summed E-state index contributed by atoms with van der Waals surface area (Å²) in [7, 11) is 0. The Balaban J connectivity index is 0.00000364. The van der Waals surface area contributed by atoms with Gasteiger partial charge in [0.05, 0.1) is 18.8 Å². The van der Waals surface area contributed by atoms with Crippen molar-refractivity contribution in [3.05, 3.63) is 70.8 Å².